The molecule has 2 heterocycles. The lowest BCUT2D eigenvalue weighted by Crippen LogP contribution is -2.40. The number of benzene rings is 2. The molecule has 1 saturated heterocycles. The number of methoxy groups -OCH3 is 1. The number of fused-ring (bicyclic) bond motifs is 1. The van der Waals surface area contributed by atoms with Crippen LogP contribution in [0.3, 0.4) is 0 Å². The van der Waals surface area contributed by atoms with Gasteiger partial charge in [-0.2, -0.15) is 9.30 Å². The van der Waals surface area contributed by atoms with Crippen molar-refractivity contribution in [2.24, 2.45) is 10.9 Å². The zero-order valence-electron chi connectivity index (χ0n) is 19.8. The Morgan fingerprint density at radius 3 is 2.47 bits per heavy atom. The van der Waals surface area contributed by atoms with E-state index in [0.29, 0.717) is 23.4 Å². The zero-order chi connectivity index (χ0) is 25.9. The van der Waals surface area contributed by atoms with E-state index in [1.54, 1.807) is 30.7 Å². The molecule has 3 aromatic rings. The van der Waals surface area contributed by atoms with Crippen molar-refractivity contribution >= 4 is 43.5 Å². The summed E-state index contributed by atoms with van der Waals surface area (Å²) in [6.07, 6.45) is 0.610. The third kappa shape index (κ3) is 5.50. The van der Waals surface area contributed by atoms with Crippen LogP contribution < -0.4 is 9.54 Å². The number of hydrogen-bond donors (Lipinski definition) is 0. The maximum Gasteiger partial charge on any atom is 0.326 e. The van der Waals surface area contributed by atoms with Crippen LogP contribution >= 0.6 is 11.3 Å². The third-order valence-corrected chi connectivity index (χ3v) is 8.90. The van der Waals surface area contributed by atoms with Gasteiger partial charge in [0.1, 0.15) is 18.1 Å². The second-order valence-corrected chi connectivity index (χ2v) is 11.1. The Hall–Kier alpha value is -3.09. The summed E-state index contributed by atoms with van der Waals surface area (Å²) in [6, 6.07) is 10.0. The van der Waals surface area contributed by atoms with E-state index in [1.807, 2.05) is 6.07 Å². The van der Waals surface area contributed by atoms with E-state index in [9.17, 15) is 22.4 Å². The number of nitrogens with zero attached hydrogens (tertiary/aromatic N) is 3. The number of sulfonamides is 1. The van der Waals surface area contributed by atoms with Crippen LogP contribution in [0, 0.1) is 11.7 Å². The molecule has 192 valence electrons. The van der Waals surface area contributed by atoms with Gasteiger partial charge in [-0.05, 0) is 62.2 Å². The highest BCUT2D eigenvalue weighted by molar-refractivity contribution is 7.89. The number of rotatable bonds is 7. The van der Waals surface area contributed by atoms with Crippen molar-refractivity contribution in [3.05, 3.63) is 53.1 Å². The molecule has 1 aliphatic rings. The van der Waals surface area contributed by atoms with Crippen LogP contribution in [0.4, 0.5) is 4.39 Å². The number of halogens is 1. The summed E-state index contributed by atoms with van der Waals surface area (Å²) in [7, 11) is -2.22. The monoisotopic (exact) mass is 535 g/mol. The average molecular weight is 536 g/mol. The van der Waals surface area contributed by atoms with Gasteiger partial charge in [-0.15, -0.1) is 0 Å². The predicted molar refractivity (Wildman–Crippen MR) is 131 cm³/mol. The maximum absolute atomic E-state index is 13.2. The standard InChI is InChI=1S/C24H26FN3O6S2/c1-3-34-22(29)15-28-20-9-6-18(33-2)14-21(20)35-24(28)26-23(30)16-10-12-27(13-11-16)36(31,32)19-7-4-17(25)5-8-19/h4-9,14,16H,3,10-13,15H2,1-2H3. The molecule has 1 fully saturated rings. The molecule has 12 heteroatoms. The molecule has 36 heavy (non-hydrogen) atoms. The summed E-state index contributed by atoms with van der Waals surface area (Å²) in [6.45, 7) is 2.16. The first-order chi connectivity index (χ1) is 17.2. The topological polar surface area (TPSA) is 107 Å². The van der Waals surface area contributed by atoms with E-state index in [4.69, 9.17) is 9.47 Å². The fourth-order valence-electron chi connectivity index (χ4n) is 4.04. The molecule has 0 atom stereocenters. The van der Waals surface area contributed by atoms with Gasteiger partial charge in [0.15, 0.2) is 4.80 Å². The molecule has 1 aliphatic heterocycles. The summed E-state index contributed by atoms with van der Waals surface area (Å²) >= 11 is 1.26. The van der Waals surface area contributed by atoms with Crippen LogP contribution in [-0.2, 0) is 30.9 Å². The van der Waals surface area contributed by atoms with Crippen LogP contribution in [0.5, 0.6) is 5.75 Å². The molecular weight excluding hydrogens is 509 g/mol. The zero-order valence-corrected chi connectivity index (χ0v) is 21.5. The minimum absolute atomic E-state index is 0.0130. The molecule has 0 N–H and O–H groups in total. The number of hydrogen-bond acceptors (Lipinski definition) is 7. The largest absolute Gasteiger partial charge is 0.497 e. The van der Waals surface area contributed by atoms with E-state index < -0.39 is 27.7 Å². The Morgan fingerprint density at radius 1 is 1.14 bits per heavy atom. The lowest BCUT2D eigenvalue weighted by molar-refractivity contribution is -0.143. The summed E-state index contributed by atoms with van der Waals surface area (Å²) in [5.74, 6) is -1.15. The SMILES string of the molecule is CCOC(=O)Cn1c(=NC(=O)C2CCN(S(=O)(=O)c3ccc(F)cc3)CC2)sc2cc(OC)ccc21. The van der Waals surface area contributed by atoms with Crippen molar-refractivity contribution in [2.75, 3.05) is 26.8 Å². The fourth-order valence-corrected chi connectivity index (χ4v) is 6.57. The van der Waals surface area contributed by atoms with Crippen LogP contribution in [0.1, 0.15) is 19.8 Å². The van der Waals surface area contributed by atoms with Crippen molar-refractivity contribution in [3.63, 3.8) is 0 Å². The van der Waals surface area contributed by atoms with Crippen molar-refractivity contribution in [1.82, 2.24) is 8.87 Å². The van der Waals surface area contributed by atoms with Gasteiger partial charge in [0.25, 0.3) is 5.91 Å². The number of amides is 1. The quantitative estimate of drug-likeness (QED) is 0.431. The van der Waals surface area contributed by atoms with Crippen LogP contribution in [0.15, 0.2) is 52.4 Å². The summed E-state index contributed by atoms with van der Waals surface area (Å²) in [4.78, 5) is 30.0. The highest BCUT2D eigenvalue weighted by atomic mass is 32.2. The van der Waals surface area contributed by atoms with Crippen molar-refractivity contribution in [2.45, 2.75) is 31.2 Å². The normalized spacial score (nSPS) is 15.8. The van der Waals surface area contributed by atoms with Crippen LogP contribution in [0.25, 0.3) is 10.2 Å². The Bertz CT molecular complexity index is 1440. The maximum atomic E-state index is 13.2. The molecule has 0 radical (unpaired) electrons. The molecule has 0 spiro atoms. The van der Waals surface area contributed by atoms with Gasteiger partial charge in [-0.3, -0.25) is 9.59 Å². The van der Waals surface area contributed by atoms with Gasteiger partial charge in [0, 0.05) is 19.0 Å². The Balaban J connectivity index is 1.55. The van der Waals surface area contributed by atoms with E-state index in [-0.39, 0.29) is 37.0 Å². The number of thiazole rings is 1. The van der Waals surface area contributed by atoms with Crippen molar-refractivity contribution in [1.29, 1.82) is 0 Å². The molecule has 0 unspecified atom stereocenters. The number of piperidine rings is 1. The molecule has 1 amide bonds. The summed E-state index contributed by atoms with van der Waals surface area (Å²) < 4.78 is 53.0. The van der Waals surface area contributed by atoms with Gasteiger partial charge < -0.3 is 14.0 Å². The van der Waals surface area contributed by atoms with Gasteiger partial charge in [0.05, 0.1) is 28.8 Å². The number of aromatic nitrogens is 1. The number of ether oxygens (including phenoxy) is 2. The van der Waals surface area contributed by atoms with E-state index in [0.717, 1.165) is 22.3 Å². The van der Waals surface area contributed by atoms with Gasteiger partial charge >= 0.3 is 5.97 Å². The number of carbonyl (C=O) groups is 2. The van der Waals surface area contributed by atoms with Crippen LogP contribution in [0.2, 0.25) is 0 Å². The number of esters is 1. The lowest BCUT2D eigenvalue weighted by atomic mass is 9.98. The second kappa shape index (κ2) is 10.9. The number of carbonyl (C=O) groups excluding carboxylic acids is 2. The molecule has 0 bridgehead atoms. The second-order valence-electron chi connectivity index (χ2n) is 8.19. The first-order valence-electron chi connectivity index (χ1n) is 11.4. The summed E-state index contributed by atoms with van der Waals surface area (Å²) in [5, 5.41) is 0. The smallest absolute Gasteiger partial charge is 0.326 e. The highest BCUT2D eigenvalue weighted by Crippen LogP contribution is 2.26. The first-order valence-corrected chi connectivity index (χ1v) is 13.7. The van der Waals surface area contributed by atoms with Gasteiger partial charge in [-0.1, -0.05) is 11.3 Å². The van der Waals surface area contributed by atoms with Crippen LogP contribution in [-0.4, -0.2) is 56.0 Å². The third-order valence-electron chi connectivity index (χ3n) is 5.94. The molecule has 0 aliphatic carbocycles. The Kier molecular flexibility index (Phi) is 7.86. The predicted octanol–water partition coefficient (Wildman–Crippen LogP) is 2.94. The fraction of sp³-hybridized carbons (Fsp3) is 0.375. The van der Waals surface area contributed by atoms with E-state index >= 15 is 0 Å². The highest BCUT2D eigenvalue weighted by Gasteiger charge is 2.32. The molecule has 2 aromatic carbocycles. The summed E-state index contributed by atoms with van der Waals surface area (Å²) in [5.41, 5.74) is 0.723. The molecular formula is C24H26FN3O6S2. The van der Waals surface area contributed by atoms with Gasteiger partial charge in [-0.25, -0.2) is 12.8 Å². The van der Waals surface area contributed by atoms with Crippen molar-refractivity contribution < 1.29 is 31.9 Å². The van der Waals surface area contributed by atoms with E-state index in [1.165, 1.54) is 27.8 Å². The molecule has 0 saturated carbocycles. The van der Waals surface area contributed by atoms with E-state index in [2.05, 4.69) is 4.99 Å². The van der Waals surface area contributed by atoms with Crippen molar-refractivity contribution in [3.8, 4) is 5.75 Å². The Labute approximate surface area is 211 Å². The minimum Gasteiger partial charge on any atom is -0.497 e. The molecule has 1 aromatic heterocycles. The first kappa shape index (κ1) is 26.0. The minimum atomic E-state index is -3.78. The average Bonchev–Trinajstić information content (AvgIpc) is 3.20. The molecule has 4 rings (SSSR count). The van der Waals surface area contributed by atoms with Gasteiger partial charge in [0.2, 0.25) is 10.0 Å². The lowest BCUT2D eigenvalue weighted by Gasteiger charge is -2.29. The molecule has 9 nitrogen and oxygen atoms in total. The Morgan fingerprint density at radius 2 is 1.83 bits per heavy atom.